The SMILES string of the molecule is COc1ccccc1-n1nnnc1SCC(=O)N1CC(C)OC(C)C1. The summed E-state index contributed by atoms with van der Waals surface area (Å²) in [6.45, 7) is 5.18. The number of methoxy groups -OCH3 is 1. The number of benzene rings is 1. The van der Waals surface area contributed by atoms with Crippen molar-refractivity contribution in [2.75, 3.05) is 26.0 Å². The van der Waals surface area contributed by atoms with E-state index < -0.39 is 0 Å². The molecule has 1 amide bonds. The zero-order chi connectivity index (χ0) is 17.8. The third kappa shape index (κ3) is 4.10. The lowest BCUT2D eigenvalue weighted by Crippen LogP contribution is -2.48. The molecule has 1 aliphatic heterocycles. The molecule has 1 aromatic heterocycles. The summed E-state index contributed by atoms with van der Waals surface area (Å²) in [5, 5.41) is 12.3. The van der Waals surface area contributed by atoms with Crippen LogP contribution in [-0.4, -0.2) is 69.2 Å². The molecule has 134 valence electrons. The molecular weight excluding hydrogens is 342 g/mol. The Labute approximate surface area is 150 Å². The molecule has 8 nitrogen and oxygen atoms in total. The highest BCUT2D eigenvalue weighted by Gasteiger charge is 2.26. The average molecular weight is 363 g/mol. The van der Waals surface area contributed by atoms with Crippen LogP contribution in [0, 0.1) is 0 Å². The molecule has 0 saturated carbocycles. The van der Waals surface area contributed by atoms with Crippen molar-refractivity contribution in [3.63, 3.8) is 0 Å². The van der Waals surface area contributed by atoms with E-state index in [1.807, 2.05) is 43.0 Å². The Bertz CT molecular complexity index is 728. The highest BCUT2D eigenvalue weighted by atomic mass is 32.2. The van der Waals surface area contributed by atoms with Crippen molar-refractivity contribution in [3.05, 3.63) is 24.3 Å². The van der Waals surface area contributed by atoms with Gasteiger partial charge in [-0.3, -0.25) is 4.79 Å². The van der Waals surface area contributed by atoms with Gasteiger partial charge >= 0.3 is 0 Å². The van der Waals surface area contributed by atoms with Gasteiger partial charge in [0.25, 0.3) is 0 Å². The standard InChI is InChI=1S/C16H21N5O3S/c1-11-8-20(9-12(2)24-11)15(22)10-25-16-17-18-19-21(16)13-6-4-5-7-14(13)23-3/h4-7,11-12H,8-10H2,1-3H3. The molecule has 1 aromatic carbocycles. The van der Waals surface area contributed by atoms with E-state index in [-0.39, 0.29) is 23.9 Å². The molecule has 0 spiro atoms. The largest absolute Gasteiger partial charge is 0.494 e. The fourth-order valence-electron chi connectivity index (χ4n) is 2.82. The first-order valence-corrected chi connectivity index (χ1v) is 9.05. The van der Waals surface area contributed by atoms with Gasteiger partial charge in [-0.05, 0) is 36.4 Å². The lowest BCUT2D eigenvalue weighted by atomic mass is 10.2. The van der Waals surface area contributed by atoms with Gasteiger partial charge in [0.05, 0.1) is 25.1 Å². The second kappa shape index (κ2) is 7.83. The zero-order valence-electron chi connectivity index (χ0n) is 14.5. The van der Waals surface area contributed by atoms with Crippen molar-refractivity contribution in [2.45, 2.75) is 31.2 Å². The van der Waals surface area contributed by atoms with Gasteiger partial charge in [0, 0.05) is 13.1 Å². The number of rotatable bonds is 5. The summed E-state index contributed by atoms with van der Waals surface area (Å²) in [7, 11) is 1.60. The van der Waals surface area contributed by atoms with Gasteiger partial charge in [-0.15, -0.1) is 5.10 Å². The minimum atomic E-state index is 0.0524. The van der Waals surface area contributed by atoms with E-state index in [0.717, 1.165) is 5.69 Å². The minimum absolute atomic E-state index is 0.0524. The molecule has 1 aliphatic rings. The van der Waals surface area contributed by atoms with Crippen molar-refractivity contribution in [3.8, 4) is 11.4 Å². The summed E-state index contributed by atoms with van der Waals surface area (Å²) < 4.78 is 12.6. The van der Waals surface area contributed by atoms with E-state index in [1.165, 1.54) is 11.8 Å². The number of amides is 1. The Hall–Kier alpha value is -2.13. The van der Waals surface area contributed by atoms with Crippen LogP contribution >= 0.6 is 11.8 Å². The molecular formula is C16H21N5O3S. The Morgan fingerprint density at radius 1 is 1.32 bits per heavy atom. The van der Waals surface area contributed by atoms with Crippen LogP contribution in [0.15, 0.2) is 29.4 Å². The quantitative estimate of drug-likeness (QED) is 0.743. The Kier molecular flexibility index (Phi) is 5.54. The van der Waals surface area contributed by atoms with Gasteiger partial charge in [-0.25, -0.2) is 0 Å². The highest BCUT2D eigenvalue weighted by Crippen LogP contribution is 2.25. The van der Waals surface area contributed by atoms with Crippen LogP contribution in [0.2, 0.25) is 0 Å². The zero-order valence-corrected chi connectivity index (χ0v) is 15.3. The number of carbonyl (C=O) groups is 1. The summed E-state index contributed by atoms with van der Waals surface area (Å²) in [6, 6.07) is 7.47. The smallest absolute Gasteiger partial charge is 0.233 e. The van der Waals surface area contributed by atoms with Gasteiger partial charge in [0.2, 0.25) is 11.1 Å². The molecule has 1 saturated heterocycles. The molecule has 9 heteroatoms. The van der Waals surface area contributed by atoms with Crippen molar-refractivity contribution in [1.82, 2.24) is 25.1 Å². The second-order valence-electron chi connectivity index (χ2n) is 5.89. The van der Waals surface area contributed by atoms with Crippen LogP contribution in [0.4, 0.5) is 0 Å². The number of hydrogen-bond acceptors (Lipinski definition) is 7. The number of morpholine rings is 1. The molecule has 25 heavy (non-hydrogen) atoms. The summed E-state index contributed by atoms with van der Waals surface area (Å²) in [4.78, 5) is 14.3. The predicted molar refractivity (Wildman–Crippen MR) is 93.0 cm³/mol. The van der Waals surface area contributed by atoms with Crippen molar-refractivity contribution < 1.29 is 14.3 Å². The van der Waals surface area contributed by atoms with Crippen LogP contribution < -0.4 is 4.74 Å². The Morgan fingerprint density at radius 2 is 2.04 bits per heavy atom. The molecule has 0 aliphatic carbocycles. The number of aromatic nitrogens is 4. The molecule has 0 N–H and O–H groups in total. The topological polar surface area (TPSA) is 82.4 Å². The van der Waals surface area contributed by atoms with E-state index in [1.54, 1.807) is 11.8 Å². The third-order valence-electron chi connectivity index (χ3n) is 3.85. The lowest BCUT2D eigenvalue weighted by Gasteiger charge is -2.35. The van der Waals surface area contributed by atoms with Gasteiger partial charge in [-0.2, -0.15) is 4.68 Å². The number of ether oxygens (including phenoxy) is 2. The maximum atomic E-state index is 12.5. The van der Waals surface area contributed by atoms with Gasteiger partial charge in [0.1, 0.15) is 11.4 Å². The number of para-hydroxylation sites is 2. The number of carbonyl (C=O) groups excluding carboxylic acids is 1. The first kappa shape index (κ1) is 17.7. The van der Waals surface area contributed by atoms with Crippen molar-refractivity contribution in [2.24, 2.45) is 0 Å². The molecule has 0 radical (unpaired) electrons. The van der Waals surface area contributed by atoms with Crippen LogP contribution in [0.3, 0.4) is 0 Å². The van der Waals surface area contributed by atoms with Crippen LogP contribution in [0.25, 0.3) is 5.69 Å². The van der Waals surface area contributed by atoms with Crippen LogP contribution in [-0.2, 0) is 9.53 Å². The van der Waals surface area contributed by atoms with E-state index in [9.17, 15) is 4.79 Å². The summed E-state index contributed by atoms with van der Waals surface area (Å²) in [5.41, 5.74) is 0.735. The second-order valence-corrected chi connectivity index (χ2v) is 6.83. The van der Waals surface area contributed by atoms with E-state index in [0.29, 0.717) is 24.0 Å². The van der Waals surface area contributed by atoms with Crippen LogP contribution in [0.1, 0.15) is 13.8 Å². The summed E-state index contributed by atoms with van der Waals surface area (Å²) in [5.74, 6) is 0.995. The molecule has 1 fully saturated rings. The lowest BCUT2D eigenvalue weighted by molar-refractivity contribution is -0.140. The monoisotopic (exact) mass is 363 g/mol. The fourth-order valence-corrected chi connectivity index (χ4v) is 3.61. The van der Waals surface area contributed by atoms with Crippen molar-refractivity contribution >= 4 is 17.7 Å². The normalized spacial score (nSPS) is 20.5. The highest BCUT2D eigenvalue weighted by molar-refractivity contribution is 7.99. The summed E-state index contributed by atoms with van der Waals surface area (Å²) >= 11 is 1.31. The van der Waals surface area contributed by atoms with E-state index in [4.69, 9.17) is 9.47 Å². The maximum Gasteiger partial charge on any atom is 0.233 e. The fraction of sp³-hybridized carbons (Fsp3) is 0.500. The molecule has 3 rings (SSSR count). The number of tetrazole rings is 1. The van der Waals surface area contributed by atoms with Crippen molar-refractivity contribution in [1.29, 1.82) is 0 Å². The van der Waals surface area contributed by atoms with Gasteiger partial charge in [0.15, 0.2) is 0 Å². The predicted octanol–water partition coefficient (Wildman–Crippen LogP) is 1.40. The Balaban J connectivity index is 1.69. The molecule has 2 aromatic rings. The van der Waals surface area contributed by atoms with Gasteiger partial charge in [-0.1, -0.05) is 23.9 Å². The third-order valence-corrected chi connectivity index (χ3v) is 4.76. The summed E-state index contributed by atoms with van der Waals surface area (Å²) in [6.07, 6.45) is 0.105. The Morgan fingerprint density at radius 3 is 2.76 bits per heavy atom. The minimum Gasteiger partial charge on any atom is -0.494 e. The number of nitrogens with zero attached hydrogens (tertiary/aromatic N) is 5. The van der Waals surface area contributed by atoms with E-state index in [2.05, 4.69) is 15.5 Å². The van der Waals surface area contributed by atoms with Crippen LogP contribution in [0.5, 0.6) is 5.75 Å². The molecule has 2 unspecified atom stereocenters. The first-order valence-electron chi connectivity index (χ1n) is 8.06. The molecule has 2 atom stereocenters. The average Bonchev–Trinajstić information content (AvgIpc) is 3.07. The first-order chi connectivity index (χ1) is 12.1. The maximum absolute atomic E-state index is 12.5. The number of hydrogen-bond donors (Lipinski definition) is 0. The molecule has 0 bridgehead atoms. The molecule has 2 heterocycles. The number of thioether (sulfide) groups is 1. The van der Waals surface area contributed by atoms with E-state index >= 15 is 0 Å². The van der Waals surface area contributed by atoms with Gasteiger partial charge < -0.3 is 14.4 Å².